The average molecular weight is 200 g/mol. The normalized spacial score (nSPS) is 15.4. The van der Waals surface area contributed by atoms with Gasteiger partial charge in [0, 0.05) is 17.0 Å². The van der Waals surface area contributed by atoms with E-state index >= 15 is 0 Å². The number of aliphatic hydroxyl groups excluding tert-OH is 1. The maximum atomic E-state index is 9.20. The second kappa shape index (κ2) is 4.09. The molecule has 0 aliphatic heterocycles. The molecule has 0 saturated heterocycles. The third kappa shape index (κ3) is 2.21. The van der Waals surface area contributed by atoms with Crippen LogP contribution in [-0.2, 0) is 5.41 Å². The van der Waals surface area contributed by atoms with Crippen molar-refractivity contribution in [3.05, 3.63) is 34.9 Å². The van der Waals surface area contributed by atoms with Gasteiger partial charge in [0.25, 0.3) is 0 Å². The summed E-state index contributed by atoms with van der Waals surface area (Å²) in [5, 5.41) is 9.89. The summed E-state index contributed by atoms with van der Waals surface area (Å²) in [6.45, 7) is 2.40. The third-order valence-electron chi connectivity index (χ3n) is 2.34. The van der Waals surface area contributed by atoms with Crippen LogP contribution in [0, 0.1) is 0 Å². The second-order valence-corrected chi connectivity index (χ2v) is 3.87. The van der Waals surface area contributed by atoms with Crippen LogP contribution in [0.25, 0.3) is 0 Å². The van der Waals surface area contributed by atoms with Gasteiger partial charge in [0.1, 0.15) is 0 Å². The quantitative estimate of drug-likeness (QED) is 0.776. The molecule has 1 atom stereocenters. The van der Waals surface area contributed by atoms with Crippen molar-refractivity contribution < 1.29 is 5.11 Å². The number of benzene rings is 1. The summed E-state index contributed by atoms with van der Waals surface area (Å²) in [4.78, 5) is 0. The van der Waals surface area contributed by atoms with E-state index in [0.29, 0.717) is 11.6 Å². The molecule has 2 nitrogen and oxygen atoms in total. The number of hydrogen-bond acceptors (Lipinski definition) is 2. The maximum Gasteiger partial charge on any atom is 0.0537 e. The SMILES string of the molecule is CC(CN)(CO)c1ccc(Cl)cc1. The fourth-order valence-electron chi connectivity index (χ4n) is 1.13. The molecule has 3 heteroatoms. The standard InChI is InChI=1S/C10H14ClNO/c1-10(6-12,7-13)8-2-4-9(11)5-3-8/h2-5,13H,6-7,12H2,1H3. The molecule has 1 unspecified atom stereocenters. The summed E-state index contributed by atoms with van der Waals surface area (Å²) >= 11 is 5.75. The van der Waals surface area contributed by atoms with Crippen molar-refractivity contribution in [2.24, 2.45) is 5.73 Å². The summed E-state index contributed by atoms with van der Waals surface area (Å²) in [5.74, 6) is 0. The smallest absolute Gasteiger partial charge is 0.0537 e. The van der Waals surface area contributed by atoms with Crippen LogP contribution in [0.2, 0.25) is 5.02 Å². The molecule has 0 heterocycles. The van der Waals surface area contributed by atoms with Crippen LogP contribution in [0.5, 0.6) is 0 Å². The van der Waals surface area contributed by atoms with Gasteiger partial charge >= 0.3 is 0 Å². The van der Waals surface area contributed by atoms with E-state index in [1.807, 2.05) is 19.1 Å². The summed E-state index contributed by atoms with van der Waals surface area (Å²) in [7, 11) is 0. The fourth-order valence-corrected chi connectivity index (χ4v) is 1.25. The van der Waals surface area contributed by atoms with E-state index in [0.717, 1.165) is 5.56 Å². The Kier molecular flexibility index (Phi) is 3.31. The van der Waals surface area contributed by atoms with Gasteiger partial charge in [-0.15, -0.1) is 0 Å². The zero-order chi connectivity index (χ0) is 9.90. The van der Waals surface area contributed by atoms with E-state index in [1.54, 1.807) is 12.1 Å². The van der Waals surface area contributed by atoms with E-state index in [1.165, 1.54) is 0 Å². The molecule has 1 aromatic carbocycles. The van der Waals surface area contributed by atoms with Crippen LogP contribution in [-0.4, -0.2) is 18.3 Å². The molecule has 0 amide bonds. The molecule has 0 saturated carbocycles. The first-order valence-electron chi connectivity index (χ1n) is 4.19. The molecule has 0 spiro atoms. The van der Waals surface area contributed by atoms with Crippen molar-refractivity contribution in [3.63, 3.8) is 0 Å². The molecular weight excluding hydrogens is 186 g/mol. The highest BCUT2D eigenvalue weighted by molar-refractivity contribution is 6.30. The zero-order valence-corrected chi connectivity index (χ0v) is 8.38. The number of halogens is 1. The number of nitrogens with two attached hydrogens (primary N) is 1. The Morgan fingerprint density at radius 3 is 2.31 bits per heavy atom. The molecule has 72 valence electrons. The van der Waals surface area contributed by atoms with Gasteiger partial charge in [0.15, 0.2) is 0 Å². The van der Waals surface area contributed by atoms with Crippen molar-refractivity contribution in [2.45, 2.75) is 12.3 Å². The Hall–Kier alpha value is -0.570. The Bertz CT molecular complexity index is 267. The molecule has 3 N–H and O–H groups in total. The lowest BCUT2D eigenvalue weighted by Crippen LogP contribution is -2.35. The minimum atomic E-state index is -0.357. The van der Waals surface area contributed by atoms with Crippen LogP contribution in [0.4, 0.5) is 0 Å². The molecular formula is C10H14ClNO. The topological polar surface area (TPSA) is 46.2 Å². The van der Waals surface area contributed by atoms with Crippen LogP contribution in [0.3, 0.4) is 0 Å². The van der Waals surface area contributed by atoms with Crippen molar-refractivity contribution in [3.8, 4) is 0 Å². The minimum Gasteiger partial charge on any atom is -0.395 e. The Morgan fingerprint density at radius 1 is 1.38 bits per heavy atom. The number of hydrogen-bond donors (Lipinski definition) is 2. The van der Waals surface area contributed by atoms with Crippen LogP contribution < -0.4 is 5.73 Å². The van der Waals surface area contributed by atoms with Crippen molar-refractivity contribution in [1.29, 1.82) is 0 Å². The molecule has 0 aromatic heterocycles. The Morgan fingerprint density at radius 2 is 1.92 bits per heavy atom. The van der Waals surface area contributed by atoms with Gasteiger partial charge in [-0.2, -0.15) is 0 Å². The monoisotopic (exact) mass is 199 g/mol. The lowest BCUT2D eigenvalue weighted by molar-refractivity contribution is 0.210. The summed E-state index contributed by atoms with van der Waals surface area (Å²) < 4.78 is 0. The highest BCUT2D eigenvalue weighted by atomic mass is 35.5. The van der Waals surface area contributed by atoms with E-state index < -0.39 is 0 Å². The van der Waals surface area contributed by atoms with Gasteiger partial charge in [-0.05, 0) is 17.7 Å². The second-order valence-electron chi connectivity index (χ2n) is 3.43. The largest absolute Gasteiger partial charge is 0.395 e. The average Bonchev–Trinajstić information content (AvgIpc) is 2.18. The molecule has 0 fully saturated rings. The van der Waals surface area contributed by atoms with Crippen molar-refractivity contribution in [1.82, 2.24) is 0 Å². The third-order valence-corrected chi connectivity index (χ3v) is 2.59. The van der Waals surface area contributed by atoms with E-state index in [2.05, 4.69) is 0 Å². The highest BCUT2D eigenvalue weighted by Crippen LogP contribution is 2.23. The highest BCUT2D eigenvalue weighted by Gasteiger charge is 2.23. The summed E-state index contributed by atoms with van der Waals surface area (Å²) in [6, 6.07) is 7.40. The lowest BCUT2D eigenvalue weighted by Gasteiger charge is -2.25. The van der Waals surface area contributed by atoms with Gasteiger partial charge < -0.3 is 10.8 Å². The van der Waals surface area contributed by atoms with Crippen molar-refractivity contribution in [2.75, 3.05) is 13.2 Å². The lowest BCUT2D eigenvalue weighted by atomic mass is 9.83. The molecule has 0 radical (unpaired) electrons. The van der Waals surface area contributed by atoms with Crippen molar-refractivity contribution >= 4 is 11.6 Å². The predicted molar refractivity (Wildman–Crippen MR) is 54.9 cm³/mol. The summed E-state index contributed by atoms with van der Waals surface area (Å²) in [6.07, 6.45) is 0. The van der Waals surface area contributed by atoms with Gasteiger partial charge in [-0.3, -0.25) is 0 Å². The molecule has 1 aromatic rings. The van der Waals surface area contributed by atoms with Gasteiger partial charge in [-0.1, -0.05) is 30.7 Å². The van der Waals surface area contributed by atoms with Gasteiger partial charge in [-0.25, -0.2) is 0 Å². The first kappa shape index (κ1) is 10.5. The van der Waals surface area contributed by atoms with Crippen LogP contribution in [0.1, 0.15) is 12.5 Å². The molecule has 0 bridgehead atoms. The minimum absolute atomic E-state index is 0.0468. The fraction of sp³-hybridized carbons (Fsp3) is 0.400. The maximum absolute atomic E-state index is 9.20. The Balaban J connectivity index is 2.99. The van der Waals surface area contributed by atoms with E-state index in [4.69, 9.17) is 17.3 Å². The molecule has 0 aliphatic carbocycles. The van der Waals surface area contributed by atoms with Crippen LogP contribution in [0.15, 0.2) is 24.3 Å². The predicted octanol–water partition coefficient (Wildman–Crippen LogP) is 1.55. The molecule has 0 aliphatic rings. The first-order valence-corrected chi connectivity index (χ1v) is 4.57. The van der Waals surface area contributed by atoms with Crippen LogP contribution >= 0.6 is 11.6 Å². The number of aliphatic hydroxyl groups is 1. The van der Waals surface area contributed by atoms with Gasteiger partial charge in [0.2, 0.25) is 0 Å². The van der Waals surface area contributed by atoms with E-state index in [-0.39, 0.29) is 12.0 Å². The van der Waals surface area contributed by atoms with E-state index in [9.17, 15) is 5.11 Å². The molecule has 1 rings (SSSR count). The van der Waals surface area contributed by atoms with Gasteiger partial charge in [0.05, 0.1) is 6.61 Å². The molecule has 13 heavy (non-hydrogen) atoms. The Labute approximate surface area is 83.3 Å². The summed E-state index contributed by atoms with van der Waals surface area (Å²) in [5.41, 5.74) is 6.25. The first-order chi connectivity index (χ1) is 6.12. The number of rotatable bonds is 3. The zero-order valence-electron chi connectivity index (χ0n) is 7.63.